The summed E-state index contributed by atoms with van der Waals surface area (Å²) < 4.78 is 21.9. The molecule has 4 nitrogen and oxygen atoms in total. The second kappa shape index (κ2) is 5.09. The molecule has 0 unspecified atom stereocenters. The van der Waals surface area contributed by atoms with Crippen molar-refractivity contribution in [2.24, 2.45) is 0 Å². The first-order valence-electron chi connectivity index (χ1n) is 4.76. The van der Waals surface area contributed by atoms with Gasteiger partial charge in [-0.15, -0.1) is 0 Å². The Bertz CT molecular complexity index is 254. The Labute approximate surface area is 86.8 Å². The zero-order chi connectivity index (χ0) is 11.4. The SMILES string of the molecule is CCN(CCS(C)(=O)=O)CC(C)(C)O. The van der Waals surface area contributed by atoms with E-state index in [-0.39, 0.29) is 5.75 Å². The summed E-state index contributed by atoms with van der Waals surface area (Å²) in [5.41, 5.74) is -0.770. The van der Waals surface area contributed by atoms with Crippen LogP contribution in [0.4, 0.5) is 0 Å². The van der Waals surface area contributed by atoms with Gasteiger partial charge in [0, 0.05) is 19.3 Å². The Kier molecular flexibility index (Phi) is 5.05. The number of hydrogen-bond acceptors (Lipinski definition) is 4. The molecule has 0 aromatic carbocycles. The maximum atomic E-state index is 10.9. The summed E-state index contributed by atoms with van der Waals surface area (Å²) in [6.45, 7) is 7.12. The summed E-state index contributed by atoms with van der Waals surface area (Å²) >= 11 is 0. The maximum absolute atomic E-state index is 10.9. The first-order chi connectivity index (χ1) is 6.14. The van der Waals surface area contributed by atoms with E-state index in [9.17, 15) is 13.5 Å². The molecule has 0 amide bonds. The van der Waals surface area contributed by atoms with Crippen LogP contribution >= 0.6 is 0 Å². The first-order valence-corrected chi connectivity index (χ1v) is 6.82. The van der Waals surface area contributed by atoms with Crippen LogP contribution < -0.4 is 0 Å². The zero-order valence-corrected chi connectivity index (χ0v) is 10.3. The van der Waals surface area contributed by atoms with Crippen LogP contribution in [0.25, 0.3) is 0 Å². The van der Waals surface area contributed by atoms with Crippen molar-refractivity contribution in [2.45, 2.75) is 26.4 Å². The molecule has 0 radical (unpaired) electrons. The number of likely N-dealkylation sites (N-methyl/N-ethyl adjacent to an activating group) is 1. The van der Waals surface area contributed by atoms with Crippen molar-refractivity contribution >= 4 is 9.84 Å². The highest BCUT2D eigenvalue weighted by molar-refractivity contribution is 7.90. The average Bonchev–Trinajstić information content (AvgIpc) is 1.94. The average molecular weight is 223 g/mol. The highest BCUT2D eigenvalue weighted by Gasteiger charge is 2.17. The van der Waals surface area contributed by atoms with Gasteiger partial charge in [0.25, 0.3) is 0 Å². The summed E-state index contributed by atoms with van der Waals surface area (Å²) in [5.74, 6) is 0.150. The van der Waals surface area contributed by atoms with E-state index in [1.807, 2.05) is 11.8 Å². The number of aliphatic hydroxyl groups is 1. The molecule has 86 valence electrons. The molecule has 0 aliphatic heterocycles. The molecule has 14 heavy (non-hydrogen) atoms. The van der Waals surface area contributed by atoms with Crippen molar-refractivity contribution < 1.29 is 13.5 Å². The van der Waals surface area contributed by atoms with Crippen LogP contribution in [0.15, 0.2) is 0 Å². The van der Waals surface area contributed by atoms with Crippen molar-refractivity contribution in [3.05, 3.63) is 0 Å². The normalized spacial score (nSPS) is 13.6. The van der Waals surface area contributed by atoms with Crippen molar-refractivity contribution in [2.75, 3.05) is 31.6 Å². The lowest BCUT2D eigenvalue weighted by atomic mass is 10.1. The second-order valence-electron chi connectivity index (χ2n) is 4.31. The molecule has 0 saturated heterocycles. The van der Waals surface area contributed by atoms with Crippen LogP contribution in [0.1, 0.15) is 20.8 Å². The largest absolute Gasteiger partial charge is 0.389 e. The molecule has 0 spiro atoms. The van der Waals surface area contributed by atoms with Crippen molar-refractivity contribution in [1.82, 2.24) is 4.90 Å². The summed E-state index contributed by atoms with van der Waals surface area (Å²) in [4.78, 5) is 1.93. The minimum atomic E-state index is -2.91. The van der Waals surface area contributed by atoms with Gasteiger partial charge in [0.15, 0.2) is 0 Å². The molecule has 0 atom stereocenters. The van der Waals surface area contributed by atoms with Crippen LogP contribution in [-0.2, 0) is 9.84 Å². The Morgan fingerprint density at radius 3 is 2.14 bits per heavy atom. The smallest absolute Gasteiger partial charge is 0.148 e. The van der Waals surface area contributed by atoms with E-state index in [2.05, 4.69) is 0 Å². The van der Waals surface area contributed by atoms with Gasteiger partial charge in [0.05, 0.1) is 11.4 Å². The van der Waals surface area contributed by atoms with E-state index in [1.54, 1.807) is 13.8 Å². The molecule has 0 saturated carbocycles. The summed E-state index contributed by atoms with van der Waals surface area (Å²) in [6, 6.07) is 0. The molecule has 0 heterocycles. The second-order valence-corrected chi connectivity index (χ2v) is 6.57. The van der Waals surface area contributed by atoms with Crippen LogP contribution in [0.5, 0.6) is 0 Å². The number of sulfone groups is 1. The third-order valence-electron chi connectivity index (χ3n) is 1.84. The van der Waals surface area contributed by atoms with E-state index < -0.39 is 15.4 Å². The third-order valence-corrected chi connectivity index (χ3v) is 2.76. The van der Waals surface area contributed by atoms with Crippen LogP contribution in [0, 0.1) is 0 Å². The van der Waals surface area contributed by atoms with Crippen LogP contribution in [0.3, 0.4) is 0 Å². The topological polar surface area (TPSA) is 57.6 Å². The minimum absolute atomic E-state index is 0.150. The fraction of sp³-hybridized carbons (Fsp3) is 1.00. The van der Waals surface area contributed by atoms with Crippen LogP contribution in [0.2, 0.25) is 0 Å². The Hall–Kier alpha value is -0.130. The first kappa shape index (κ1) is 13.9. The fourth-order valence-electron chi connectivity index (χ4n) is 1.19. The fourth-order valence-corrected chi connectivity index (χ4v) is 1.78. The number of hydrogen-bond donors (Lipinski definition) is 1. The van der Waals surface area contributed by atoms with E-state index in [4.69, 9.17) is 0 Å². The van der Waals surface area contributed by atoms with Gasteiger partial charge in [-0.3, -0.25) is 4.90 Å². The van der Waals surface area contributed by atoms with E-state index in [1.165, 1.54) is 6.26 Å². The predicted octanol–water partition coefficient (Wildman–Crippen LogP) is 0.124. The summed E-state index contributed by atoms with van der Waals surface area (Å²) in [7, 11) is -2.91. The van der Waals surface area contributed by atoms with Gasteiger partial charge in [0.1, 0.15) is 9.84 Å². The van der Waals surface area contributed by atoms with Gasteiger partial charge in [-0.2, -0.15) is 0 Å². The van der Waals surface area contributed by atoms with E-state index >= 15 is 0 Å². The summed E-state index contributed by atoms with van der Waals surface area (Å²) in [5, 5.41) is 9.56. The molecule has 0 bridgehead atoms. The number of nitrogens with zero attached hydrogens (tertiary/aromatic N) is 1. The molecule has 0 aliphatic rings. The lowest BCUT2D eigenvalue weighted by molar-refractivity contribution is 0.0398. The van der Waals surface area contributed by atoms with Gasteiger partial charge in [0.2, 0.25) is 0 Å². The van der Waals surface area contributed by atoms with E-state index in [0.29, 0.717) is 13.1 Å². The molecule has 0 aliphatic carbocycles. The van der Waals surface area contributed by atoms with Gasteiger partial charge >= 0.3 is 0 Å². The Balaban J connectivity index is 4.05. The van der Waals surface area contributed by atoms with Crippen molar-refractivity contribution in [1.29, 1.82) is 0 Å². The van der Waals surface area contributed by atoms with Crippen molar-refractivity contribution in [3.63, 3.8) is 0 Å². The third kappa shape index (κ3) is 8.47. The van der Waals surface area contributed by atoms with Gasteiger partial charge in [-0.25, -0.2) is 8.42 Å². The zero-order valence-electron chi connectivity index (χ0n) is 9.45. The highest BCUT2D eigenvalue weighted by Crippen LogP contribution is 2.04. The monoisotopic (exact) mass is 223 g/mol. The highest BCUT2D eigenvalue weighted by atomic mass is 32.2. The molecule has 5 heteroatoms. The molecule has 0 fully saturated rings. The molecule has 0 aromatic heterocycles. The molecule has 0 aromatic rings. The quantitative estimate of drug-likeness (QED) is 0.695. The summed E-state index contributed by atoms with van der Waals surface area (Å²) in [6.07, 6.45) is 1.23. The standard InChI is InChI=1S/C9H21NO3S/c1-5-10(8-9(2,3)11)6-7-14(4,12)13/h11H,5-8H2,1-4H3. The van der Waals surface area contributed by atoms with Gasteiger partial charge in [-0.05, 0) is 20.4 Å². The van der Waals surface area contributed by atoms with Crippen molar-refractivity contribution in [3.8, 4) is 0 Å². The van der Waals surface area contributed by atoms with Crippen LogP contribution in [-0.4, -0.2) is 55.7 Å². The van der Waals surface area contributed by atoms with Gasteiger partial charge in [-0.1, -0.05) is 6.92 Å². The van der Waals surface area contributed by atoms with Gasteiger partial charge < -0.3 is 5.11 Å². The molecule has 1 N–H and O–H groups in total. The predicted molar refractivity (Wildman–Crippen MR) is 58.1 cm³/mol. The Morgan fingerprint density at radius 2 is 1.86 bits per heavy atom. The number of rotatable bonds is 6. The molecule has 0 rings (SSSR count). The lowest BCUT2D eigenvalue weighted by Crippen LogP contribution is -2.40. The minimum Gasteiger partial charge on any atom is -0.389 e. The Morgan fingerprint density at radius 1 is 1.36 bits per heavy atom. The lowest BCUT2D eigenvalue weighted by Gasteiger charge is -2.27. The van der Waals surface area contributed by atoms with E-state index in [0.717, 1.165) is 6.54 Å². The maximum Gasteiger partial charge on any atom is 0.148 e. The molecular formula is C9H21NO3S. The molecular weight excluding hydrogens is 202 g/mol.